The van der Waals surface area contributed by atoms with E-state index < -0.39 is 6.04 Å². The summed E-state index contributed by atoms with van der Waals surface area (Å²) < 4.78 is 5.36. The van der Waals surface area contributed by atoms with Gasteiger partial charge in [0.2, 0.25) is 5.91 Å². The van der Waals surface area contributed by atoms with Crippen LogP contribution in [0.2, 0.25) is 0 Å². The first-order valence-electron chi connectivity index (χ1n) is 8.52. The lowest BCUT2D eigenvalue weighted by atomic mass is 10.0. The summed E-state index contributed by atoms with van der Waals surface area (Å²) >= 11 is 0. The van der Waals surface area contributed by atoms with Gasteiger partial charge in [-0.05, 0) is 24.3 Å². The zero-order valence-corrected chi connectivity index (χ0v) is 14.5. The van der Waals surface area contributed by atoms with Crippen LogP contribution in [0, 0.1) is 5.92 Å². The van der Waals surface area contributed by atoms with Crippen molar-refractivity contribution >= 4 is 11.9 Å². The molecule has 0 unspecified atom stereocenters. The van der Waals surface area contributed by atoms with Gasteiger partial charge in [-0.25, -0.2) is 4.79 Å². The van der Waals surface area contributed by atoms with Crippen LogP contribution in [0.3, 0.4) is 0 Å². The average Bonchev–Trinajstić information content (AvgIpc) is 2.53. The van der Waals surface area contributed by atoms with Gasteiger partial charge in [-0.1, -0.05) is 63.9 Å². The van der Waals surface area contributed by atoms with Crippen LogP contribution in [-0.4, -0.2) is 17.9 Å². The number of rotatable bonds is 10. The Morgan fingerprint density at radius 2 is 1.83 bits per heavy atom. The van der Waals surface area contributed by atoms with Crippen molar-refractivity contribution in [3.05, 3.63) is 35.9 Å². The molecule has 0 fully saturated rings. The van der Waals surface area contributed by atoms with E-state index >= 15 is 0 Å². The maximum Gasteiger partial charge on any atom is 0.328 e. The summed E-state index contributed by atoms with van der Waals surface area (Å²) in [5.74, 6) is -0.118. The first kappa shape index (κ1) is 19.2. The number of hydrogen-bond acceptors (Lipinski definition) is 3. The molecule has 0 saturated heterocycles. The molecule has 4 heteroatoms. The molecule has 23 heavy (non-hydrogen) atoms. The molecule has 1 N–H and O–H groups in total. The van der Waals surface area contributed by atoms with E-state index in [4.69, 9.17) is 4.74 Å². The number of carbonyl (C=O) groups is 2. The summed E-state index contributed by atoms with van der Waals surface area (Å²) in [6, 6.07) is 8.99. The van der Waals surface area contributed by atoms with Crippen LogP contribution in [0.1, 0.15) is 58.4 Å². The molecule has 4 nitrogen and oxygen atoms in total. The third-order valence-electron chi connectivity index (χ3n) is 3.56. The number of nitrogens with one attached hydrogen (secondary N) is 1. The van der Waals surface area contributed by atoms with Crippen molar-refractivity contribution in [1.29, 1.82) is 0 Å². The standard InChI is InChI=1S/C19H29NO3/c1-4-5-7-12-18(21)20-17(13-15(2)3)19(22)23-14-16-10-8-6-9-11-16/h6,8-11,15,17H,4-5,7,12-14H2,1-3H3,(H,20,21)/t17-/m0/s1. The van der Waals surface area contributed by atoms with E-state index in [1.165, 1.54) is 0 Å². The number of unbranched alkanes of at least 4 members (excludes halogenated alkanes) is 2. The molecule has 128 valence electrons. The smallest absolute Gasteiger partial charge is 0.328 e. The zero-order valence-electron chi connectivity index (χ0n) is 14.5. The van der Waals surface area contributed by atoms with Gasteiger partial charge >= 0.3 is 5.97 Å². The fraction of sp³-hybridized carbons (Fsp3) is 0.579. The predicted molar refractivity (Wildman–Crippen MR) is 91.8 cm³/mol. The number of esters is 1. The van der Waals surface area contributed by atoms with Gasteiger partial charge in [0.25, 0.3) is 0 Å². The Kier molecular flexibility index (Phi) is 9.03. The van der Waals surface area contributed by atoms with Crippen molar-refractivity contribution in [3.8, 4) is 0 Å². The summed E-state index contributed by atoms with van der Waals surface area (Å²) in [5, 5.41) is 2.83. The molecule has 0 aliphatic heterocycles. The Hall–Kier alpha value is -1.84. The number of carbonyl (C=O) groups excluding carboxylic acids is 2. The van der Waals surface area contributed by atoms with Crippen LogP contribution in [0.4, 0.5) is 0 Å². The van der Waals surface area contributed by atoms with Crippen molar-refractivity contribution in [2.45, 2.75) is 65.5 Å². The van der Waals surface area contributed by atoms with Crippen molar-refractivity contribution < 1.29 is 14.3 Å². The largest absolute Gasteiger partial charge is 0.459 e. The molecular formula is C19H29NO3. The monoisotopic (exact) mass is 319 g/mol. The minimum Gasteiger partial charge on any atom is -0.459 e. The van der Waals surface area contributed by atoms with Crippen molar-refractivity contribution in [3.63, 3.8) is 0 Å². The topological polar surface area (TPSA) is 55.4 Å². The fourth-order valence-electron chi connectivity index (χ4n) is 2.32. The summed E-state index contributed by atoms with van der Waals surface area (Å²) in [5.41, 5.74) is 0.943. The van der Waals surface area contributed by atoms with E-state index in [1.54, 1.807) is 0 Å². The molecular weight excluding hydrogens is 290 g/mol. The first-order valence-corrected chi connectivity index (χ1v) is 8.52. The van der Waals surface area contributed by atoms with Gasteiger partial charge in [-0.2, -0.15) is 0 Å². The summed E-state index contributed by atoms with van der Waals surface area (Å²) in [4.78, 5) is 24.3. The molecule has 1 aromatic rings. The van der Waals surface area contributed by atoms with Gasteiger partial charge in [0.05, 0.1) is 0 Å². The van der Waals surface area contributed by atoms with Crippen LogP contribution in [0.25, 0.3) is 0 Å². The molecule has 0 aromatic heterocycles. The second-order valence-corrected chi connectivity index (χ2v) is 6.30. The normalized spacial score (nSPS) is 12.0. The third kappa shape index (κ3) is 8.38. The van der Waals surface area contributed by atoms with Gasteiger partial charge in [-0.15, -0.1) is 0 Å². The number of hydrogen-bond donors (Lipinski definition) is 1. The molecule has 0 heterocycles. The van der Waals surface area contributed by atoms with Crippen LogP contribution < -0.4 is 5.32 Å². The van der Waals surface area contributed by atoms with E-state index in [-0.39, 0.29) is 18.5 Å². The van der Waals surface area contributed by atoms with Crippen molar-refractivity contribution in [1.82, 2.24) is 5.32 Å². The van der Waals surface area contributed by atoms with Crippen LogP contribution in [0.5, 0.6) is 0 Å². The lowest BCUT2D eigenvalue weighted by Gasteiger charge is -2.19. The minimum atomic E-state index is -0.562. The summed E-state index contributed by atoms with van der Waals surface area (Å²) in [7, 11) is 0. The maximum absolute atomic E-state index is 12.3. The van der Waals surface area contributed by atoms with E-state index in [0.29, 0.717) is 18.8 Å². The Morgan fingerprint density at radius 1 is 1.13 bits per heavy atom. The van der Waals surface area contributed by atoms with E-state index in [9.17, 15) is 9.59 Å². The van der Waals surface area contributed by atoms with Crippen LogP contribution in [0.15, 0.2) is 30.3 Å². The lowest BCUT2D eigenvalue weighted by molar-refractivity contribution is -0.149. The zero-order chi connectivity index (χ0) is 17.1. The van der Waals surface area contributed by atoms with Gasteiger partial charge in [-0.3, -0.25) is 4.79 Å². The number of ether oxygens (including phenoxy) is 1. The molecule has 0 spiro atoms. The Morgan fingerprint density at radius 3 is 2.43 bits per heavy atom. The highest BCUT2D eigenvalue weighted by Crippen LogP contribution is 2.09. The molecule has 1 rings (SSSR count). The molecule has 0 saturated carbocycles. The Balaban J connectivity index is 2.51. The molecule has 1 atom stereocenters. The highest BCUT2D eigenvalue weighted by atomic mass is 16.5. The predicted octanol–water partition coefficient (Wildman–Crippen LogP) is 3.84. The summed E-state index contributed by atoms with van der Waals surface area (Å²) in [6.07, 6.45) is 4.01. The van der Waals surface area contributed by atoms with E-state index in [1.807, 2.05) is 44.2 Å². The van der Waals surface area contributed by atoms with Gasteiger partial charge in [0.15, 0.2) is 0 Å². The van der Waals surface area contributed by atoms with E-state index in [0.717, 1.165) is 24.8 Å². The summed E-state index contributed by atoms with van der Waals surface area (Å²) in [6.45, 7) is 6.39. The van der Waals surface area contributed by atoms with Crippen molar-refractivity contribution in [2.75, 3.05) is 0 Å². The number of benzene rings is 1. The Labute approximate surface area is 139 Å². The third-order valence-corrected chi connectivity index (χ3v) is 3.56. The lowest BCUT2D eigenvalue weighted by Crippen LogP contribution is -2.42. The van der Waals surface area contributed by atoms with Gasteiger partial charge in [0, 0.05) is 6.42 Å². The number of amides is 1. The highest BCUT2D eigenvalue weighted by molar-refractivity contribution is 5.84. The molecule has 0 aliphatic rings. The highest BCUT2D eigenvalue weighted by Gasteiger charge is 2.23. The van der Waals surface area contributed by atoms with E-state index in [2.05, 4.69) is 12.2 Å². The van der Waals surface area contributed by atoms with Crippen LogP contribution >= 0.6 is 0 Å². The molecule has 1 aromatic carbocycles. The average molecular weight is 319 g/mol. The fourth-order valence-corrected chi connectivity index (χ4v) is 2.32. The SMILES string of the molecule is CCCCCC(=O)N[C@@H](CC(C)C)C(=O)OCc1ccccc1. The first-order chi connectivity index (χ1) is 11.0. The second kappa shape index (κ2) is 10.8. The minimum absolute atomic E-state index is 0.0687. The molecule has 0 aliphatic carbocycles. The quantitative estimate of drug-likeness (QED) is 0.526. The molecule has 0 radical (unpaired) electrons. The van der Waals surface area contributed by atoms with Gasteiger partial charge in [0.1, 0.15) is 12.6 Å². The maximum atomic E-state index is 12.3. The Bertz CT molecular complexity index is 471. The van der Waals surface area contributed by atoms with Crippen LogP contribution in [-0.2, 0) is 20.9 Å². The van der Waals surface area contributed by atoms with Crippen molar-refractivity contribution in [2.24, 2.45) is 5.92 Å². The van der Waals surface area contributed by atoms with Gasteiger partial charge < -0.3 is 10.1 Å². The second-order valence-electron chi connectivity index (χ2n) is 6.30. The molecule has 0 bridgehead atoms. The molecule has 1 amide bonds.